The Kier molecular flexibility index (Phi) is 4.24. The molecule has 3 rings (SSSR count). The van der Waals surface area contributed by atoms with E-state index in [1.807, 2.05) is 67.5 Å². The van der Waals surface area contributed by atoms with Crippen LogP contribution in [0.25, 0.3) is 10.9 Å². The van der Waals surface area contributed by atoms with Gasteiger partial charge >= 0.3 is 13.2 Å². The first-order chi connectivity index (χ1) is 11.8. The van der Waals surface area contributed by atoms with Gasteiger partial charge in [-0.1, -0.05) is 12.1 Å². The molecule has 1 aliphatic rings. The summed E-state index contributed by atoms with van der Waals surface area (Å²) in [5, 5.41) is 5.07. The van der Waals surface area contributed by atoms with Gasteiger partial charge in [0, 0.05) is 5.39 Å². The highest BCUT2D eigenvalue weighted by molar-refractivity contribution is 6.62. The maximum atomic E-state index is 12.4. The second-order valence-corrected chi connectivity index (χ2v) is 8.90. The molecular formula is C19H27BN2O4. The van der Waals surface area contributed by atoms with E-state index in [-0.39, 0.29) is 0 Å². The van der Waals surface area contributed by atoms with Crippen LogP contribution >= 0.6 is 0 Å². The Labute approximate surface area is 154 Å². The summed E-state index contributed by atoms with van der Waals surface area (Å²) in [6.07, 6.45) is 1.18. The van der Waals surface area contributed by atoms with Gasteiger partial charge in [-0.05, 0) is 66.4 Å². The van der Waals surface area contributed by atoms with Gasteiger partial charge < -0.3 is 14.0 Å². The Morgan fingerprint density at radius 2 is 1.73 bits per heavy atom. The van der Waals surface area contributed by atoms with Gasteiger partial charge in [0.1, 0.15) is 5.60 Å². The Bertz CT molecular complexity index is 848. The van der Waals surface area contributed by atoms with Crippen LogP contribution < -0.4 is 5.46 Å². The van der Waals surface area contributed by atoms with E-state index in [4.69, 9.17) is 14.0 Å². The first-order valence-electron chi connectivity index (χ1n) is 8.88. The van der Waals surface area contributed by atoms with Crippen LogP contribution in [0, 0.1) is 6.92 Å². The van der Waals surface area contributed by atoms with Gasteiger partial charge in [0.05, 0.1) is 22.9 Å². The Balaban J connectivity index is 1.97. The summed E-state index contributed by atoms with van der Waals surface area (Å²) in [6, 6.07) is 3.94. The molecule has 1 saturated heterocycles. The van der Waals surface area contributed by atoms with E-state index >= 15 is 0 Å². The molecule has 0 N–H and O–H groups in total. The van der Waals surface area contributed by atoms with Gasteiger partial charge in [-0.25, -0.2) is 4.79 Å². The summed E-state index contributed by atoms with van der Waals surface area (Å²) >= 11 is 0. The fourth-order valence-corrected chi connectivity index (χ4v) is 2.96. The number of hydrogen-bond acceptors (Lipinski definition) is 5. The fourth-order valence-electron chi connectivity index (χ4n) is 2.96. The van der Waals surface area contributed by atoms with Gasteiger partial charge in [-0.15, -0.1) is 0 Å². The Hall–Kier alpha value is -1.86. The van der Waals surface area contributed by atoms with Crippen molar-refractivity contribution < 1.29 is 18.8 Å². The highest BCUT2D eigenvalue weighted by Gasteiger charge is 2.51. The molecule has 0 saturated carbocycles. The van der Waals surface area contributed by atoms with Gasteiger partial charge in [-0.2, -0.15) is 9.78 Å². The van der Waals surface area contributed by atoms with E-state index in [0.717, 1.165) is 21.9 Å². The van der Waals surface area contributed by atoms with Crippen molar-refractivity contribution in [3.05, 3.63) is 23.9 Å². The molecule has 0 radical (unpaired) electrons. The lowest BCUT2D eigenvalue weighted by Crippen LogP contribution is -2.41. The summed E-state index contributed by atoms with van der Waals surface area (Å²) in [4.78, 5) is 12.4. The van der Waals surface area contributed by atoms with E-state index in [1.165, 1.54) is 4.68 Å². The molecule has 7 heteroatoms. The van der Waals surface area contributed by atoms with Crippen LogP contribution in [0.4, 0.5) is 4.79 Å². The minimum atomic E-state index is -0.577. The molecule has 140 valence electrons. The average Bonchev–Trinajstić information content (AvgIpc) is 2.96. The molecule has 0 amide bonds. The first kappa shape index (κ1) is 18.9. The molecule has 26 heavy (non-hydrogen) atoms. The molecule has 0 bridgehead atoms. The molecule has 1 aromatic carbocycles. The number of carbonyl (C=O) groups excluding carboxylic acids is 1. The maximum absolute atomic E-state index is 12.4. The molecule has 1 aliphatic heterocycles. The van der Waals surface area contributed by atoms with Crippen LogP contribution in [0.3, 0.4) is 0 Å². The van der Waals surface area contributed by atoms with Gasteiger partial charge in [0.15, 0.2) is 0 Å². The highest BCUT2D eigenvalue weighted by atomic mass is 16.7. The molecule has 6 nitrogen and oxygen atoms in total. The van der Waals surface area contributed by atoms with Crippen molar-refractivity contribution in [2.45, 2.75) is 72.2 Å². The summed E-state index contributed by atoms with van der Waals surface area (Å²) in [5.41, 5.74) is 1.18. The Morgan fingerprint density at radius 3 is 2.27 bits per heavy atom. The highest BCUT2D eigenvalue weighted by Crippen LogP contribution is 2.36. The van der Waals surface area contributed by atoms with Crippen molar-refractivity contribution in [2.24, 2.45) is 0 Å². The lowest BCUT2D eigenvalue weighted by atomic mass is 9.78. The van der Waals surface area contributed by atoms with Crippen molar-refractivity contribution in [2.75, 3.05) is 0 Å². The number of nitrogens with zero attached hydrogens (tertiary/aromatic N) is 2. The lowest BCUT2D eigenvalue weighted by Gasteiger charge is -2.32. The lowest BCUT2D eigenvalue weighted by molar-refractivity contribution is 0.00578. The molecule has 0 spiro atoms. The van der Waals surface area contributed by atoms with E-state index in [9.17, 15) is 4.79 Å². The monoisotopic (exact) mass is 358 g/mol. The van der Waals surface area contributed by atoms with Crippen LogP contribution in [-0.2, 0) is 14.0 Å². The molecule has 2 aromatic rings. The molecule has 1 fully saturated rings. The molecular weight excluding hydrogens is 331 g/mol. The number of hydrogen-bond donors (Lipinski definition) is 0. The smallest absolute Gasteiger partial charge is 0.442 e. The zero-order chi connectivity index (χ0) is 19.5. The number of aromatic nitrogens is 2. The minimum absolute atomic E-state index is 0.402. The SMILES string of the molecule is Cc1cc(B2OC(C)(C)C(C)(C)O2)cc2cnn(C(=O)OC(C)(C)C)c12. The summed E-state index contributed by atoms with van der Waals surface area (Å²) in [6.45, 7) is 15.6. The predicted octanol–water partition coefficient (Wildman–Crippen LogP) is 3.43. The van der Waals surface area contributed by atoms with Crippen molar-refractivity contribution in [3.63, 3.8) is 0 Å². The number of ether oxygens (including phenoxy) is 1. The van der Waals surface area contributed by atoms with Gasteiger partial charge in [-0.3, -0.25) is 0 Å². The van der Waals surface area contributed by atoms with Crippen LogP contribution in [0.15, 0.2) is 18.3 Å². The van der Waals surface area contributed by atoms with E-state index < -0.39 is 30.0 Å². The summed E-state index contributed by atoms with van der Waals surface area (Å²) in [7, 11) is -0.451. The fraction of sp³-hybridized carbons (Fsp3) is 0.579. The minimum Gasteiger partial charge on any atom is -0.442 e. The third-order valence-corrected chi connectivity index (χ3v) is 4.97. The van der Waals surface area contributed by atoms with Crippen molar-refractivity contribution in [1.82, 2.24) is 9.78 Å². The zero-order valence-corrected chi connectivity index (χ0v) is 16.8. The van der Waals surface area contributed by atoms with E-state index in [0.29, 0.717) is 0 Å². The topological polar surface area (TPSA) is 62.6 Å². The number of benzene rings is 1. The van der Waals surface area contributed by atoms with Crippen LogP contribution in [0.5, 0.6) is 0 Å². The van der Waals surface area contributed by atoms with E-state index in [1.54, 1.807) is 6.20 Å². The molecule has 0 atom stereocenters. The molecule has 0 unspecified atom stereocenters. The predicted molar refractivity (Wildman–Crippen MR) is 102 cm³/mol. The van der Waals surface area contributed by atoms with Crippen LogP contribution in [-0.4, -0.2) is 39.8 Å². The summed E-state index contributed by atoms with van der Waals surface area (Å²) < 4.78 is 19.0. The molecule has 0 aliphatic carbocycles. The number of carbonyl (C=O) groups is 1. The summed E-state index contributed by atoms with van der Waals surface area (Å²) in [5.74, 6) is 0. The van der Waals surface area contributed by atoms with Crippen molar-refractivity contribution in [1.29, 1.82) is 0 Å². The number of aryl methyl sites for hydroxylation is 1. The zero-order valence-electron chi connectivity index (χ0n) is 16.8. The normalized spacial score (nSPS) is 19.2. The van der Waals surface area contributed by atoms with Gasteiger partial charge in [0.2, 0.25) is 0 Å². The third kappa shape index (κ3) is 3.26. The van der Waals surface area contributed by atoms with Crippen LogP contribution in [0.2, 0.25) is 0 Å². The Morgan fingerprint density at radius 1 is 1.15 bits per heavy atom. The third-order valence-electron chi connectivity index (χ3n) is 4.97. The molecule has 1 aromatic heterocycles. The average molecular weight is 358 g/mol. The quantitative estimate of drug-likeness (QED) is 0.731. The number of fused-ring (bicyclic) bond motifs is 1. The maximum Gasteiger partial charge on any atom is 0.494 e. The van der Waals surface area contributed by atoms with E-state index in [2.05, 4.69) is 5.10 Å². The van der Waals surface area contributed by atoms with Crippen LogP contribution in [0.1, 0.15) is 54.0 Å². The largest absolute Gasteiger partial charge is 0.494 e. The van der Waals surface area contributed by atoms with Crippen molar-refractivity contribution >= 4 is 29.6 Å². The first-order valence-corrected chi connectivity index (χ1v) is 8.88. The van der Waals surface area contributed by atoms with Crippen molar-refractivity contribution in [3.8, 4) is 0 Å². The van der Waals surface area contributed by atoms with Gasteiger partial charge in [0.25, 0.3) is 0 Å². The number of rotatable bonds is 1. The standard InChI is InChI=1S/C19H27BN2O4/c1-12-9-14(20-25-18(5,6)19(7,8)26-20)10-13-11-21-22(15(12)13)16(23)24-17(2,3)4/h9-11H,1-8H3. The second kappa shape index (κ2) is 5.82. The molecule has 2 heterocycles. The second-order valence-electron chi connectivity index (χ2n) is 8.90.